The number of amides is 1. The second-order valence-corrected chi connectivity index (χ2v) is 4.06. The summed E-state index contributed by atoms with van der Waals surface area (Å²) in [7, 11) is 1.57. The summed E-state index contributed by atoms with van der Waals surface area (Å²) in [5.41, 5.74) is 1.58. The average molecular weight is 266 g/mol. The number of rotatable bonds is 7. The Morgan fingerprint density at radius 1 is 1.37 bits per heavy atom. The van der Waals surface area contributed by atoms with Crippen molar-refractivity contribution in [1.82, 2.24) is 0 Å². The van der Waals surface area contributed by atoms with Crippen molar-refractivity contribution in [2.24, 2.45) is 0 Å². The molecule has 1 atom stereocenters. The predicted octanol–water partition coefficient (Wildman–Crippen LogP) is 2.84. The molecule has 1 aromatic carbocycles. The van der Waals surface area contributed by atoms with E-state index in [-0.39, 0.29) is 12.2 Å². The number of carbonyl (C=O) groups excluding carboxylic acids is 1. The second kappa shape index (κ2) is 7.63. The Bertz CT molecular complexity index is 421. The highest BCUT2D eigenvalue weighted by atomic mass is 16.7. The minimum atomic E-state index is -0.373. The van der Waals surface area contributed by atoms with Crippen LogP contribution in [0.15, 0.2) is 18.2 Å². The van der Waals surface area contributed by atoms with Crippen molar-refractivity contribution in [3.05, 3.63) is 18.2 Å². The van der Waals surface area contributed by atoms with Crippen LogP contribution in [0.5, 0.6) is 5.75 Å². The molecule has 1 unspecified atom stereocenters. The third-order valence-corrected chi connectivity index (χ3v) is 2.58. The van der Waals surface area contributed by atoms with Gasteiger partial charge < -0.3 is 20.1 Å². The highest BCUT2D eigenvalue weighted by molar-refractivity contribution is 5.92. The van der Waals surface area contributed by atoms with Crippen LogP contribution >= 0.6 is 0 Å². The summed E-state index contributed by atoms with van der Waals surface area (Å²) >= 11 is 0. The van der Waals surface area contributed by atoms with Crippen LogP contribution in [0.3, 0.4) is 0 Å². The van der Waals surface area contributed by atoms with Crippen LogP contribution in [-0.2, 0) is 9.53 Å². The molecule has 0 aliphatic rings. The molecule has 0 bridgehead atoms. The molecule has 2 N–H and O–H groups in total. The predicted molar refractivity (Wildman–Crippen MR) is 76.6 cm³/mol. The Kier molecular flexibility index (Phi) is 6.15. The molecule has 5 heteroatoms. The topological polar surface area (TPSA) is 59.6 Å². The lowest BCUT2D eigenvalue weighted by Crippen LogP contribution is -2.16. The van der Waals surface area contributed by atoms with Gasteiger partial charge in [0.15, 0.2) is 6.29 Å². The Balaban J connectivity index is 2.96. The fraction of sp³-hybridized carbons (Fsp3) is 0.500. The van der Waals surface area contributed by atoms with Gasteiger partial charge in [-0.15, -0.1) is 0 Å². The third kappa shape index (κ3) is 4.79. The van der Waals surface area contributed by atoms with Gasteiger partial charge in [0, 0.05) is 25.8 Å². The van der Waals surface area contributed by atoms with Crippen LogP contribution in [0.2, 0.25) is 0 Å². The first-order valence-electron chi connectivity index (χ1n) is 6.47. The Morgan fingerprint density at radius 3 is 2.68 bits per heavy atom. The zero-order valence-corrected chi connectivity index (χ0v) is 11.9. The normalized spacial score (nSPS) is 11.8. The first-order valence-corrected chi connectivity index (χ1v) is 6.47. The summed E-state index contributed by atoms with van der Waals surface area (Å²) in [4.78, 5) is 11.5. The number of anilines is 2. The number of nitrogens with one attached hydrogen (secondary N) is 2. The van der Waals surface area contributed by atoms with Crippen LogP contribution in [0, 0.1) is 0 Å². The highest BCUT2D eigenvalue weighted by Crippen LogP contribution is 2.29. The lowest BCUT2D eigenvalue weighted by molar-refractivity contribution is -0.115. The van der Waals surface area contributed by atoms with Gasteiger partial charge in [-0.25, -0.2) is 0 Å². The largest absolute Gasteiger partial charge is 0.463 e. The Hall–Kier alpha value is -1.75. The number of hydrogen-bond donors (Lipinski definition) is 2. The highest BCUT2D eigenvalue weighted by Gasteiger charge is 2.10. The molecule has 5 nitrogen and oxygen atoms in total. The SMILES string of the molecule is CCNc1ccc(OC(C)OC)c(NC(=O)CC)c1. The van der Waals surface area contributed by atoms with Crippen molar-refractivity contribution in [2.75, 3.05) is 24.3 Å². The van der Waals surface area contributed by atoms with Crippen LogP contribution in [0.25, 0.3) is 0 Å². The summed E-state index contributed by atoms with van der Waals surface area (Å²) in [6, 6.07) is 5.58. The van der Waals surface area contributed by atoms with E-state index in [4.69, 9.17) is 9.47 Å². The van der Waals surface area contributed by atoms with Crippen molar-refractivity contribution < 1.29 is 14.3 Å². The van der Waals surface area contributed by atoms with E-state index in [0.717, 1.165) is 12.2 Å². The molecule has 0 heterocycles. The maximum absolute atomic E-state index is 11.5. The van der Waals surface area contributed by atoms with Gasteiger partial charge in [0.05, 0.1) is 5.69 Å². The number of benzene rings is 1. The fourth-order valence-electron chi connectivity index (χ4n) is 1.51. The molecule has 0 saturated heterocycles. The van der Waals surface area contributed by atoms with E-state index in [9.17, 15) is 4.79 Å². The van der Waals surface area contributed by atoms with Crippen molar-refractivity contribution in [3.63, 3.8) is 0 Å². The summed E-state index contributed by atoms with van der Waals surface area (Å²) in [6.45, 7) is 6.43. The molecule has 0 aromatic heterocycles. The molecular weight excluding hydrogens is 244 g/mol. The molecule has 0 spiro atoms. The van der Waals surface area contributed by atoms with Gasteiger partial charge in [-0.05, 0) is 32.0 Å². The van der Waals surface area contributed by atoms with E-state index in [1.807, 2.05) is 32.0 Å². The van der Waals surface area contributed by atoms with Crippen LogP contribution in [0.4, 0.5) is 11.4 Å². The van der Waals surface area contributed by atoms with Crippen molar-refractivity contribution >= 4 is 17.3 Å². The summed E-state index contributed by atoms with van der Waals surface area (Å²) in [5.74, 6) is 0.543. The zero-order chi connectivity index (χ0) is 14.3. The molecule has 0 aliphatic heterocycles. The van der Waals surface area contributed by atoms with Gasteiger partial charge in [0.2, 0.25) is 5.91 Å². The molecule has 0 radical (unpaired) electrons. The number of carbonyl (C=O) groups is 1. The zero-order valence-electron chi connectivity index (χ0n) is 11.9. The van der Waals surface area contributed by atoms with E-state index in [1.165, 1.54) is 0 Å². The molecular formula is C14H22N2O3. The Morgan fingerprint density at radius 2 is 2.11 bits per heavy atom. The van der Waals surface area contributed by atoms with E-state index in [1.54, 1.807) is 14.0 Å². The molecule has 0 fully saturated rings. The van der Waals surface area contributed by atoms with Crippen molar-refractivity contribution in [1.29, 1.82) is 0 Å². The minimum Gasteiger partial charge on any atom is -0.463 e. The molecule has 19 heavy (non-hydrogen) atoms. The molecule has 0 aliphatic carbocycles. The van der Waals surface area contributed by atoms with Gasteiger partial charge in [0.25, 0.3) is 0 Å². The standard InChI is InChI=1S/C14H22N2O3/c1-5-14(17)16-12-9-11(15-6-2)7-8-13(12)19-10(3)18-4/h7-10,15H,5-6H2,1-4H3,(H,16,17). The minimum absolute atomic E-state index is 0.0523. The average Bonchev–Trinajstić information content (AvgIpc) is 2.41. The summed E-state index contributed by atoms with van der Waals surface area (Å²) in [6.07, 6.45) is 0.0484. The lowest BCUT2D eigenvalue weighted by Gasteiger charge is -2.17. The van der Waals surface area contributed by atoms with E-state index in [2.05, 4.69) is 10.6 Å². The molecule has 1 amide bonds. The monoisotopic (exact) mass is 266 g/mol. The van der Waals surface area contributed by atoms with Crippen LogP contribution in [-0.4, -0.2) is 25.9 Å². The molecule has 1 aromatic rings. The van der Waals surface area contributed by atoms with Crippen molar-refractivity contribution in [2.45, 2.75) is 33.5 Å². The van der Waals surface area contributed by atoms with Gasteiger partial charge in [-0.3, -0.25) is 4.79 Å². The van der Waals surface area contributed by atoms with E-state index < -0.39 is 0 Å². The van der Waals surface area contributed by atoms with Gasteiger partial charge in [0.1, 0.15) is 5.75 Å². The first-order chi connectivity index (χ1) is 9.10. The molecule has 106 valence electrons. The molecule has 1 rings (SSSR count). The fourth-order valence-corrected chi connectivity index (χ4v) is 1.51. The second-order valence-electron chi connectivity index (χ2n) is 4.06. The molecule has 0 saturated carbocycles. The first kappa shape index (κ1) is 15.3. The van der Waals surface area contributed by atoms with Crippen LogP contribution in [0.1, 0.15) is 27.2 Å². The lowest BCUT2D eigenvalue weighted by atomic mass is 10.2. The smallest absolute Gasteiger partial charge is 0.224 e. The quantitative estimate of drug-likeness (QED) is 0.745. The van der Waals surface area contributed by atoms with Gasteiger partial charge >= 0.3 is 0 Å². The summed E-state index contributed by atoms with van der Waals surface area (Å²) in [5, 5.41) is 6.02. The van der Waals surface area contributed by atoms with Crippen LogP contribution < -0.4 is 15.4 Å². The van der Waals surface area contributed by atoms with E-state index >= 15 is 0 Å². The van der Waals surface area contributed by atoms with E-state index in [0.29, 0.717) is 17.9 Å². The Labute approximate surface area is 114 Å². The number of ether oxygens (including phenoxy) is 2. The van der Waals surface area contributed by atoms with Crippen molar-refractivity contribution in [3.8, 4) is 5.75 Å². The van der Waals surface area contributed by atoms with Gasteiger partial charge in [-0.2, -0.15) is 0 Å². The summed E-state index contributed by atoms with van der Waals surface area (Å²) < 4.78 is 10.7. The third-order valence-electron chi connectivity index (χ3n) is 2.58. The van der Waals surface area contributed by atoms with Gasteiger partial charge in [-0.1, -0.05) is 6.92 Å². The maximum Gasteiger partial charge on any atom is 0.224 e. The number of methoxy groups -OCH3 is 1. The maximum atomic E-state index is 11.5. The number of hydrogen-bond acceptors (Lipinski definition) is 4.